The summed E-state index contributed by atoms with van der Waals surface area (Å²) in [4.78, 5) is 2.64. The fraction of sp³-hybridized carbons (Fsp3) is 0.684. The third-order valence-electron chi connectivity index (χ3n) is 5.18. The highest BCUT2D eigenvalue weighted by Crippen LogP contribution is 2.36. The number of hydrogen-bond donors (Lipinski definition) is 1. The molecule has 0 bridgehead atoms. The fourth-order valence-electron chi connectivity index (χ4n) is 3.47. The van der Waals surface area contributed by atoms with Crippen LogP contribution in [0.25, 0.3) is 0 Å². The molecule has 1 aromatic rings. The van der Waals surface area contributed by atoms with Crippen molar-refractivity contribution in [2.45, 2.75) is 64.5 Å². The van der Waals surface area contributed by atoms with Crippen LogP contribution in [-0.2, 0) is 5.41 Å². The van der Waals surface area contributed by atoms with Crippen LogP contribution in [0.2, 0.25) is 0 Å². The Kier molecular flexibility index (Phi) is 4.00. The number of nitrogens with zero attached hydrogens (tertiary/aromatic N) is 1. The second-order valence-electron chi connectivity index (χ2n) is 7.86. The molecule has 3 rings (SSSR count). The van der Waals surface area contributed by atoms with Crippen molar-refractivity contribution >= 4 is 5.69 Å². The number of nitrogens with one attached hydrogen (secondary N) is 1. The third-order valence-corrected chi connectivity index (χ3v) is 5.18. The number of piperazine rings is 1. The van der Waals surface area contributed by atoms with E-state index in [0.717, 1.165) is 12.5 Å². The molecule has 1 saturated carbocycles. The minimum Gasteiger partial charge on any atom is -0.366 e. The van der Waals surface area contributed by atoms with Gasteiger partial charge in [-0.05, 0) is 48.3 Å². The van der Waals surface area contributed by atoms with Gasteiger partial charge < -0.3 is 10.2 Å². The second-order valence-corrected chi connectivity index (χ2v) is 7.86. The first-order chi connectivity index (χ1) is 9.99. The van der Waals surface area contributed by atoms with Crippen molar-refractivity contribution in [1.82, 2.24) is 5.32 Å². The van der Waals surface area contributed by atoms with Gasteiger partial charge in [0.25, 0.3) is 0 Å². The van der Waals surface area contributed by atoms with Crippen molar-refractivity contribution in [2.24, 2.45) is 5.92 Å². The molecule has 1 heterocycles. The Labute approximate surface area is 129 Å². The van der Waals surface area contributed by atoms with Crippen LogP contribution in [0.5, 0.6) is 0 Å². The highest BCUT2D eigenvalue weighted by molar-refractivity contribution is 5.50. The zero-order valence-electron chi connectivity index (χ0n) is 14.0. The lowest BCUT2D eigenvalue weighted by atomic mass is 9.87. The molecular formula is C19H30N2. The molecule has 1 aromatic carbocycles. The minimum absolute atomic E-state index is 0.239. The lowest BCUT2D eigenvalue weighted by Gasteiger charge is -2.42. The Morgan fingerprint density at radius 3 is 2.33 bits per heavy atom. The topological polar surface area (TPSA) is 15.3 Å². The Hall–Kier alpha value is -1.02. The predicted molar refractivity (Wildman–Crippen MR) is 91.1 cm³/mol. The molecule has 2 atom stereocenters. The van der Waals surface area contributed by atoms with Crippen molar-refractivity contribution in [3.8, 4) is 0 Å². The molecule has 2 aliphatic rings. The van der Waals surface area contributed by atoms with Gasteiger partial charge in [0.05, 0.1) is 0 Å². The standard InChI is InChI=1S/C19H30N2/c1-5-16-12-20-18(14-6-7-14)13-21(16)17-10-8-15(9-11-17)19(2,3)4/h8-11,14,16,18,20H,5-7,12-13H2,1-4H3. The van der Waals surface area contributed by atoms with E-state index in [9.17, 15) is 0 Å². The van der Waals surface area contributed by atoms with Gasteiger partial charge in [-0.2, -0.15) is 0 Å². The minimum atomic E-state index is 0.239. The summed E-state index contributed by atoms with van der Waals surface area (Å²) in [7, 11) is 0. The quantitative estimate of drug-likeness (QED) is 0.905. The Bertz CT molecular complexity index is 467. The number of anilines is 1. The normalized spacial score (nSPS) is 27.0. The molecule has 1 saturated heterocycles. The maximum atomic E-state index is 3.78. The van der Waals surface area contributed by atoms with Crippen LogP contribution in [0.15, 0.2) is 24.3 Å². The zero-order chi connectivity index (χ0) is 15.0. The van der Waals surface area contributed by atoms with Gasteiger partial charge in [0, 0.05) is 30.9 Å². The molecule has 0 radical (unpaired) electrons. The number of benzene rings is 1. The van der Waals surface area contributed by atoms with Gasteiger partial charge >= 0.3 is 0 Å². The van der Waals surface area contributed by atoms with Gasteiger partial charge in [-0.1, -0.05) is 39.8 Å². The molecule has 0 spiro atoms. The van der Waals surface area contributed by atoms with E-state index in [1.807, 2.05) is 0 Å². The van der Waals surface area contributed by atoms with Gasteiger partial charge in [-0.15, -0.1) is 0 Å². The first kappa shape index (κ1) is 14.9. The molecule has 21 heavy (non-hydrogen) atoms. The van der Waals surface area contributed by atoms with Crippen LogP contribution < -0.4 is 10.2 Å². The van der Waals surface area contributed by atoms with Gasteiger partial charge in [0.15, 0.2) is 0 Å². The molecule has 116 valence electrons. The Morgan fingerprint density at radius 1 is 1.14 bits per heavy atom. The molecule has 2 nitrogen and oxygen atoms in total. The summed E-state index contributed by atoms with van der Waals surface area (Å²) in [5.41, 5.74) is 3.07. The van der Waals surface area contributed by atoms with Crippen molar-refractivity contribution < 1.29 is 0 Å². The highest BCUT2D eigenvalue weighted by atomic mass is 15.2. The number of hydrogen-bond acceptors (Lipinski definition) is 2. The van der Waals surface area contributed by atoms with Gasteiger partial charge in [0.1, 0.15) is 0 Å². The van der Waals surface area contributed by atoms with Crippen LogP contribution >= 0.6 is 0 Å². The van der Waals surface area contributed by atoms with Crippen LogP contribution in [0.4, 0.5) is 5.69 Å². The maximum absolute atomic E-state index is 3.78. The average Bonchev–Trinajstić information content (AvgIpc) is 3.30. The van der Waals surface area contributed by atoms with Crippen LogP contribution in [0.3, 0.4) is 0 Å². The molecule has 0 aromatic heterocycles. The Morgan fingerprint density at radius 2 is 1.81 bits per heavy atom. The van der Waals surface area contributed by atoms with Crippen molar-refractivity contribution in [3.05, 3.63) is 29.8 Å². The molecule has 2 unspecified atom stereocenters. The first-order valence-electron chi connectivity index (χ1n) is 8.59. The third kappa shape index (κ3) is 3.26. The second kappa shape index (κ2) is 5.64. The van der Waals surface area contributed by atoms with Gasteiger partial charge in [-0.3, -0.25) is 0 Å². The van der Waals surface area contributed by atoms with Gasteiger partial charge in [0.2, 0.25) is 0 Å². The van der Waals surface area contributed by atoms with E-state index in [4.69, 9.17) is 0 Å². The monoisotopic (exact) mass is 286 g/mol. The predicted octanol–water partition coefficient (Wildman–Crippen LogP) is 3.95. The van der Waals surface area contributed by atoms with Crippen molar-refractivity contribution in [1.29, 1.82) is 0 Å². The van der Waals surface area contributed by atoms with E-state index in [1.54, 1.807) is 0 Å². The van der Waals surface area contributed by atoms with Gasteiger partial charge in [-0.25, -0.2) is 0 Å². The van der Waals surface area contributed by atoms with E-state index in [2.05, 4.69) is 62.2 Å². The summed E-state index contributed by atoms with van der Waals surface area (Å²) in [6.07, 6.45) is 4.06. The summed E-state index contributed by atoms with van der Waals surface area (Å²) in [5, 5.41) is 3.78. The largest absolute Gasteiger partial charge is 0.366 e. The lowest BCUT2D eigenvalue weighted by Crippen LogP contribution is -2.57. The molecule has 0 amide bonds. The average molecular weight is 286 g/mol. The summed E-state index contributed by atoms with van der Waals surface area (Å²) < 4.78 is 0. The molecule has 2 heteroatoms. The highest BCUT2D eigenvalue weighted by Gasteiger charge is 2.36. The molecule has 1 aliphatic carbocycles. The van der Waals surface area contributed by atoms with Crippen molar-refractivity contribution in [3.63, 3.8) is 0 Å². The summed E-state index contributed by atoms with van der Waals surface area (Å²) in [5.74, 6) is 0.930. The SMILES string of the molecule is CCC1CNC(C2CC2)CN1c1ccc(C(C)(C)C)cc1. The molecular weight excluding hydrogens is 256 g/mol. The maximum Gasteiger partial charge on any atom is 0.0412 e. The Balaban J connectivity index is 1.78. The summed E-state index contributed by atoms with van der Waals surface area (Å²) in [6, 6.07) is 10.6. The molecule has 2 fully saturated rings. The van der Waals surface area contributed by atoms with Crippen LogP contribution in [-0.4, -0.2) is 25.2 Å². The lowest BCUT2D eigenvalue weighted by molar-refractivity contribution is 0.360. The summed E-state index contributed by atoms with van der Waals surface area (Å²) >= 11 is 0. The van der Waals surface area contributed by atoms with Crippen molar-refractivity contribution in [2.75, 3.05) is 18.0 Å². The van der Waals surface area contributed by atoms with Crippen LogP contribution in [0, 0.1) is 5.92 Å². The van der Waals surface area contributed by atoms with E-state index in [0.29, 0.717) is 12.1 Å². The zero-order valence-corrected chi connectivity index (χ0v) is 14.0. The molecule has 1 aliphatic heterocycles. The number of rotatable bonds is 3. The van der Waals surface area contributed by atoms with E-state index < -0.39 is 0 Å². The molecule has 1 N–H and O–H groups in total. The van der Waals surface area contributed by atoms with E-state index in [1.165, 1.54) is 37.1 Å². The summed E-state index contributed by atoms with van der Waals surface area (Å²) in [6.45, 7) is 11.5. The van der Waals surface area contributed by atoms with E-state index >= 15 is 0 Å². The smallest absolute Gasteiger partial charge is 0.0412 e. The van der Waals surface area contributed by atoms with E-state index in [-0.39, 0.29) is 5.41 Å². The van der Waals surface area contributed by atoms with Crippen LogP contribution in [0.1, 0.15) is 52.5 Å². The first-order valence-corrected chi connectivity index (χ1v) is 8.59. The fourth-order valence-corrected chi connectivity index (χ4v) is 3.47.